The summed E-state index contributed by atoms with van der Waals surface area (Å²) in [6.45, 7) is 4.56. The van der Waals surface area contributed by atoms with E-state index in [1.54, 1.807) is 12.3 Å². The topological polar surface area (TPSA) is 149 Å². The van der Waals surface area contributed by atoms with E-state index in [1.165, 1.54) is 70.6 Å². The Labute approximate surface area is 341 Å². The predicted octanol–water partition coefficient (Wildman–Crippen LogP) is 9.76. The monoisotopic (exact) mass is 817 g/mol. The lowest BCUT2D eigenvalue weighted by Gasteiger charge is -2.24. The number of quaternary nitrogens is 1. The highest BCUT2D eigenvalue weighted by molar-refractivity contribution is 7.47. The van der Waals surface area contributed by atoms with Crippen LogP contribution in [0.15, 0.2) is 24.5 Å². The summed E-state index contributed by atoms with van der Waals surface area (Å²) >= 11 is 0. The van der Waals surface area contributed by atoms with Gasteiger partial charge < -0.3 is 29.1 Å². The van der Waals surface area contributed by atoms with Crippen molar-refractivity contribution in [3.8, 4) is 0 Å². The number of aliphatic hydroxyl groups excluding tert-OH is 2. The lowest BCUT2D eigenvalue weighted by Crippen LogP contribution is -2.37. The molecule has 1 fully saturated rings. The molecule has 0 bridgehead atoms. The normalized spacial score (nSPS) is 19.9. The van der Waals surface area contributed by atoms with Crippen molar-refractivity contribution in [2.45, 2.75) is 186 Å². The Morgan fingerprint density at radius 1 is 0.839 bits per heavy atom. The van der Waals surface area contributed by atoms with Crippen LogP contribution in [0, 0.1) is 11.8 Å². The van der Waals surface area contributed by atoms with Crippen molar-refractivity contribution in [2.24, 2.45) is 11.8 Å². The molecule has 0 aromatic heterocycles. The Kier molecular flexibility index (Phi) is 30.2. The average Bonchev–Trinajstić information content (AvgIpc) is 3.40. The molecular formula is C44H83NO10P+. The Balaban J connectivity index is 2.45. The van der Waals surface area contributed by atoms with E-state index in [0.29, 0.717) is 30.3 Å². The Morgan fingerprint density at radius 2 is 1.43 bits per heavy atom. The maximum Gasteiger partial charge on any atom is 0.472 e. The first-order valence-electron chi connectivity index (χ1n) is 22.2. The van der Waals surface area contributed by atoms with E-state index in [4.69, 9.17) is 18.5 Å². The number of carbonyl (C=O) groups is 2. The van der Waals surface area contributed by atoms with Gasteiger partial charge >= 0.3 is 13.8 Å². The van der Waals surface area contributed by atoms with Crippen LogP contribution in [0.3, 0.4) is 0 Å². The Hall–Kier alpha value is -1.59. The van der Waals surface area contributed by atoms with Crippen LogP contribution in [0.2, 0.25) is 0 Å². The highest BCUT2D eigenvalue weighted by atomic mass is 31.2. The molecular weight excluding hydrogens is 733 g/mol. The summed E-state index contributed by atoms with van der Waals surface area (Å²) in [4.78, 5) is 35.6. The van der Waals surface area contributed by atoms with Crippen molar-refractivity contribution >= 4 is 19.6 Å². The molecule has 0 saturated heterocycles. The van der Waals surface area contributed by atoms with Crippen molar-refractivity contribution in [1.29, 1.82) is 0 Å². The molecule has 0 aromatic carbocycles. The summed E-state index contributed by atoms with van der Waals surface area (Å²) < 4.78 is 34.7. The van der Waals surface area contributed by atoms with Gasteiger partial charge in [-0.3, -0.25) is 18.6 Å². The number of nitrogens with zero attached hydrogens (tertiary/aromatic N) is 1. The second-order valence-corrected chi connectivity index (χ2v) is 18.4. The van der Waals surface area contributed by atoms with Gasteiger partial charge in [-0.25, -0.2) is 4.57 Å². The number of hydrogen-bond acceptors (Lipinski definition) is 9. The molecule has 0 amide bonds. The summed E-state index contributed by atoms with van der Waals surface area (Å²) in [5.74, 6) is -0.913. The maximum atomic E-state index is 12.8. The number of allylic oxidation sites excluding steroid dienone is 1. The predicted molar refractivity (Wildman–Crippen MR) is 225 cm³/mol. The molecule has 328 valence electrons. The van der Waals surface area contributed by atoms with E-state index in [2.05, 4.69) is 13.8 Å². The van der Waals surface area contributed by atoms with Crippen LogP contribution in [-0.2, 0) is 32.7 Å². The summed E-state index contributed by atoms with van der Waals surface area (Å²) in [5, 5.41) is 20.8. The molecule has 6 atom stereocenters. The molecule has 12 heteroatoms. The van der Waals surface area contributed by atoms with Gasteiger partial charge in [0.15, 0.2) is 6.10 Å². The van der Waals surface area contributed by atoms with Gasteiger partial charge in [-0.15, -0.1) is 0 Å². The van der Waals surface area contributed by atoms with Gasteiger partial charge in [0.05, 0.1) is 46.2 Å². The second-order valence-electron chi connectivity index (χ2n) is 16.9. The van der Waals surface area contributed by atoms with Crippen molar-refractivity contribution in [2.75, 3.05) is 47.5 Å². The van der Waals surface area contributed by atoms with Gasteiger partial charge in [-0.1, -0.05) is 135 Å². The van der Waals surface area contributed by atoms with E-state index in [-0.39, 0.29) is 50.3 Å². The largest absolute Gasteiger partial charge is 0.498 e. The van der Waals surface area contributed by atoms with E-state index in [0.717, 1.165) is 51.4 Å². The van der Waals surface area contributed by atoms with Gasteiger partial charge in [0.2, 0.25) is 0 Å². The van der Waals surface area contributed by atoms with E-state index in [1.807, 2.05) is 33.3 Å². The Morgan fingerprint density at radius 3 is 2.07 bits per heavy atom. The van der Waals surface area contributed by atoms with E-state index >= 15 is 0 Å². The first-order valence-corrected chi connectivity index (χ1v) is 23.7. The van der Waals surface area contributed by atoms with Gasteiger partial charge in [0.1, 0.15) is 25.5 Å². The minimum Gasteiger partial charge on any atom is -0.498 e. The molecule has 0 aliphatic heterocycles. The van der Waals surface area contributed by atoms with Crippen molar-refractivity contribution in [3.63, 3.8) is 0 Å². The van der Waals surface area contributed by atoms with Crippen LogP contribution < -0.4 is 0 Å². The lowest BCUT2D eigenvalue weighted by molar-refractivity contribution is -0.870. The summed E-state index contributed by atoms with van der Waals surface area (Å²) in [6.07, 6.45) is 29.1. The Bertz CT molecular complexity index is 1110. The molecule has 1 unspecified atom stereocenters. The molecule has 1 aliphatic rings. The lowest BCUT2D eigenvalue weighted by atomic mass is 9.88. The molecule has 0 radical (unpaired) electrons. The highest BCUT2D eigenvalue weighted by Gasteiger charge is 2.39. The van der Waals surface area contributed by atoms with Gasteiger partial charge in [-0.05, 0) is 38.2 Å². The molecule has 0 aromatic rings. The highest BCUT2D eigenvalue weighted by Crippen LogP contribution is 2.43. The number of unbranched alkanes of at least 4 members (excludes halogenated alkanes) is 17. The molecule has 11 nitrogen and oxygen atoms in total. The summed E-state index contributed by atoms with van der Waals surface area (Å²) in [6, 6.07) is 0. The van der Waals surface area contributed by atoms with E-state index < -0.39 is 32.1 Å². The number of hydrogen-bond donors (Lipinski definition) is 3. The minimum absolute atomic E-state index is 0.0216. The number of ether oxygens (including phenoxy) is 2. The third kappa shape index (κ3) is 28.8. The summed E-state index contributed by atoms with van der Waals surface area (Å²) in [5.41, 5.74) is 0. The van der Waals surface area contributed by atoms with Crippen LogP contribution >= 0.6 is 7.82 Å². The fraction of sp³-hybridized carbons (Fsp3) is 0.864. The van der Waals surface area contributed by atoms with Crippen molar-refractivity contribution < 1.29 is 52.3 Å². The zero-order chi connectivity index (χ0) is 41.5. The van der Waals surface area contributed by atoms with Gasteiger partial charge in [0.25, 0.3) is 0 Å². The number of phosphoric ester groups is 1. The molecule has 1 aliphatic carbocycles. The zero-order valence-corrected chi connectivity index (χ0v) is 37.0. The molecule has 56 heavy (non-hydrogen) atoms. The minimum atomic E-state index is -4.35. The SMILES string of the molecule is CCCCCCCCCCCCCC/C=C/OC[C@H](COP(=O)(O)OCC[N+](C)(C)C)OC(=O)CCCCCC[C@H]1C(=O)C[C@@H](O)[C@@H]1/C=C/[C@@H](O)CCCCC. The zero-order valence-electron chi connectivity index (χ0n) is 36.1. The van der Waals surface area contributed by atoms with Gasteiger partial charge in [0, 0.05) is 24.7 Å². The number of carbonyl (C=O) groups excluding carboxylic acids is 2. The number of aliphatic hydroxyl groups is 2. The van der Waals surface area contributed by atoms with E-state index in [9.17, 15) is 29.3 Å². The number of likely N-dealkylation sites (N-methyl/N-ethyl adjacent to an activating group) is 1. The molecule has 1 saturated carbocycles. The first-order chi connectivity index (χ1) is 26.8. The second kappa shape index (κ2) is 32.3. The quantitative estimate of drug-likeness (QED) is 0.0138. The van der Waals surface area contributed by atoms with Crippen LogP contribution in [-0.4, -0.2) is 97.2 Å². The van der Waals surface area contributed by atoms with Gasteiger partial charge in [-0.2, -0.15) is 0 Å². The van der Waals surface area contributed by atoms with Crippen molar-refractivity contribution in [1.82, 2.24) is 0 Å². The fourth-order valence-electron chi connectivity index (χ4n) is 6.94. The number of esters is 1. The molecule has 3 N–H and O–H groups in total. The maximum absolute atomic E-state index is 12.8. The summed E-state index contributed by atoms with van der Waals surface area (Å²) in [7, 11) is 1.49. The number of ketones is 1. The average molecular weight is 817 g/mol. The number of Topliss-reactive ketones (excluding diaryl/α,β-unsaturated/α-hetero) is 1. The van der Waals surface area contributed by atoms with Crippen LogP contribution in [0.4, 0.5) is 0 Å². The molecule has 0 heterocycles. The molecule has 1 rings (SSSR count). The molecule has 0 spiro atoms. The third-order valence-electron chi connectivity index (χ3n) is 10.5. The first kappa shape index (κ1) is 52.4. The van der Waals surface area contributed by atoms with Crippen molar-refractivity contribution in [3.05, 3.63) is 24.5 Å². The van der Waals surface area contributed by atoms with Crippen LogP contribution in [0.5, 0.6) is 0 Å². The van der Waals surface area contributed by atoms with Crippen LogP contribution in [0.25, 0.3) is 0 Å². The standard InChI is InChI=1S/C44H82NO10P/c1-6-8-10-11-12-13-14-15-16-17-18-19-22-26-33-52-36-39(37-54-56(50,51)53-34-32-45(3,4)5)55-44(49)29-25-21-20-24-28-40-41(43(48)35-42(40)47)31-30-38(46)27-23-9-7-2/h26,30-31,33,38-41,43,46,48H,6-25,27-29,32,34-37H2,1-5H3/p+1/b31-30+,33-26+/t38-,39+,40+,41+,43+/m0/s1. The smallest absolute Gasteiger partial charge is 0.472 e. The third-order valence-corrected chi connectivity index (χ3v) is 11.5. The van der Waals surface area contributed by atoms with Crippen LogP contribution in [0.1, 0.15) is 168 Å². The fourth-order valence-corrected chi connectivity index (χ4v) is 7.68. The number of rotatable bonds is 37. The number of phosphoric acid groups is 1.